The normalized spacial score (nSPS) is 11.3. The highest BCUT2D eigenvalue weighted by Crippen LogP contribution is 2.21. The van der Waals surface area contributed by atoms with Gasteiger partial charge in [-0.25, -0.2) is 0 Å². The van der Waals surface area contributed by atoms with Crippen LogP contribution < -0.4 is 4.74 Å². The Labute approximate surface area is 193 Å². The van der Waals surface area contributed by atoms with Gasteiger partial charge in [0.2, 0.25) is 0 Å². The summed E-state index contributed by atoms with van der Waals surface area (Å²) < 4.78 is 6.03. The summed E-state index contributed by atoms with van der Waals surface area (Å²) in [5, 5.41) is 2.22. The molecule has 0 atom stereocenters. The molecular weight excluding hydrogens is 392 g/mol. The third-order valence-electron chi connectivity index (χ3n) is 5.87. The van der Waals surface area contributed by atoms with Gasteiger partial charge < -0.3 is 4.74 Å². The van der Waals surface area contributed by atoms with Crippen LogP contribution in [0.5, 0.6) is 5.75 Å². The predicted molar refractivity (Wildman–Crippen MR) is 136 cm³/mol. The van der Waals surface area contributed by atoms with Crippen LogP contribution in [0.1, 0.15) is 80.6 Å². The van der Waals surface area contributed by atoms with Crippen molar-refractivity contribution in [3.8, 4) is 5.75 Å². The molecule has 168 valence electrons. The van der Waals surface area contributed by atoms with Gasteiger partial charge in [-0.2, -0.15) is 0 Å². The number of hydrogen-bond acceptors (Lipinski definition) is 2. The molecule has 0 saturated carbocycles. The van der Waals surface area contributed by atoms with E-state index in [1.165, 1.54) is 51.4 Å². The Kier molecular flexibility index (Phi) is 10.1. The molecule has 0 N–H and O–H groups in total. The minimum absolute atomic E-state index is 0.00416. The second-order valence-corrected chi connectivity index (χ2v) is 8.47. The van der Waals surface area contributed by atoms with Crippen LogP contribution in [-0.2, 0) is 0 Å². The fraction of sp³-hybridized carbons (Fsp3) is 0.367. The third kappa shape index (κ3) is 7.67. The first-order chi connectivity index (χ1) is 15.8. The van der Waals surface area contributed by atoms with Crippen molar-refractivity contribution in [1.82, 2.24) is 0 Å². The molecule has 0 spiro atoms. The number of ketones is 1. The fourth-order valence-electron chi connectivity index (χ4n) is 3.95. The maximum absolute atomic E-state index is 12.7. The van der Waals surface area contributed by atoms with Crippen LogP contribution in [-0.4, -0.2) is 12.4 Å². The van der Waals surface area contributed by atoms with E-state index >= 15 is 0 Å². The van der Waals surface area contributed by atoms with Crippen LogP contribution in [0.3, 0.4) is 0 Å². The molecule has 0 bridgehead atoms. The lowest BCUT2D eigenvalue weighted by atomic mass is 10.0. The summed E-state index contributed by atoms with van der Waals surface area (Å²) in [6, 6.07) is 21.9. The molecule has 0 aliphatic carbocycles. The maximum atomic E-state index is 12.7. The van der Waals surface area contributed by atoms with E-state index in [-0.39, 0.29) is 5.78 Å². The predicted octanol–water partition coefficient (Wildman–Crippen LogP) is 8.65. The molecule has 2 nitrogen and oxygen atoms in total. The number of fused-ring (bicyclic) bond motifs is 1. The molecular formula is C30H36O2. The molecule has 0 aromatic heterocycles. The van der Waals surface area contributed by atoms with Crippen LogP contribution in [0, 0.1) is 0 Å². The quantitative estimate of drug-likeness (QED) is 0.146. The van der Waals surface area contributed by atoms with E-state index in [1.54, 1.807) is 6.08 Å². The van der Waals surface area contributed by atoms with Crippen LogP contribution in [0.2, 0.25) is 0 Å². The van der Waals surface area contributed by atoms with Gasteiger partial charge in [0.15, 0.2) is 5.78 Å². The summed E-state index contributed by atoms with van der Waals surface area (Å²) in [6.07, 6.45) is 15.2. The molecule has 0 unspecified atom stereocenters. The van der Waals surface area contributed by atoms with Gasteiger partial charge in [0.05, 0.1) is 6.61 Å². The number of unbranched alkanes of at least 4 members (excludes halogenated alkanes) is 8. The first kappa shape index (κ1) is 23.8. The van der Waals surface area contributed by atoms with Crippen LogP contribution in [0.25, 0.3) is 16.8 Å². The highest BCUT2D eigenvalue weighted by atomic mass is 16.5. The minimum atomic E-state index is 0.00416. The Hall–Kier alpha value is -2.87. The highest BCUT2D eigenvalue weighted by molar-refractivity contribution is 6.08. The number of para-hydroxylation sites is 1. The first-order valence-electron chi connectivity index (χ1n) is 12.2. The van der Waals surface area contributed by atoms with E-state index in [0.717, 1.165) is 35.1 Å². The standard InChI is InChI=1S/C30H36O2/c1-2-3-4-5-6-7-8-9-14-23-32-30-18-13-12-16-26(30)21-22-29(31)28-20-19-25-15-10-11-17-27(25)24-28/h10-13,15-22,24H,2-9,14,23H2,1H3/b22-21+. The zero-order chi connectivity index (χ0) is 22.4. The van der Waals surface area contributed by atoms with Crippen molar-refractivity contribution in [2.45, 2.75) is 64.7 Å². The van der Waals surface area contributed by atoms with E-state index in [1.807, 2.05) is 66.7 Å². The van der Waals surface area contributed by atoms with Gasteiger partial charge in [0.1, 0.15) is 5.75 Å². The molecule has 3 aromatic rings. The van der Waals surface area contributed by atoms with E-state index in [0.29, 0.717) is 5.56 Å². The zero-order valence-corrected chi connectivity index (χ0v) is 19.4. The average molecular weight is 429 g/mol. The molecule has 0 saturated heterocycles. The first-order valence-corrected chi connectivity index (χ1v) is 12.2. The number of hydrogen-bond donors (Lipinski definition) is 0. The molecule has 3 rings (SSSR count). The average Bonchev–Trinajstić information content (AvgIpc) is 2.84. The third-order valence-corrected chi connectivity index (χ3v) is 5.87. The number of carbonyl (C=O) groups excluding carboxylic acids is 1. The minimum Gasteiger partial charge on any atom is -0.493 e. The molecule has 2 heteroatoms. The summed E-state index contributed by atoms with van der Waals surface area (Å²) in [5.74, 6) is 0.846. The summed E-state index contributed by atoms with van der Waals surface area (Å²) in [7, 11) is 0. The fourth-order valence-corrected chi connectivity index (χ4v) is 3.95. The topological polar surface area (TPSA) is 26.3 Å². The number of allylic oxidation sites excluding steroid dienone is 1. The molecule has 0 radical (unpaired) electrons. The van der Waals surface area contributed by atoms with E-state index in [9.17, 15) is 4.79 Å². The summed E-state index contributed by atoms with van der Waals surface area (Å²) in [4.78, 5) is 12.7. The van der Waals surface area contributed by atoms with E-state index < -0.39 is 0 Å². The lowest BCUT2D eigenvalue weighted by Gasteiger charge is -2.09. The molecule has 3 aromatic carbocycles. The molecule has 0 heterocycles. The maximum Gasteiger partial charge on any atom is 0.185 e. The van der Waals surface area contributed by atoms with Crippen molar-refractivity contribution >= 4 is 22.6 Å². The number of carbonyl (C=O) groups is 1. The van der Waals surface area contributed by atoms with Gasteiger partial charge in [-0.15, -0.1) is 0 Å². The van der Waals surface area contributed by atoms with Gasteiger partial charge in [-0.3, -0.25) is 4.79 Å². The Morgan fingerprint density at radius 1 is 0.750 bits per heavy atom. The van der Waals surface area contributed by atoms with Crippen LogP contribution in [0.4, 0.5) is 0 Å². The summed E-state index contributed by atoms with van der Waals surface area (Å²) >= 11 is 0. The second-order valence-electron chi connectivity index (χ2n) is 8.47. The lowest BCUT2D eigenvalue weighted by Crippen LogP contribution is -1.99. The smallest absolute Gasteiger partial charge is 0.185 e. The lowest BCUT2D eigenvalue weighted by molar-refractivity contribution is 0.104. The van der Waals surface area contributed by atoms with Crippen molar-refractivity contribution in [3.05, 3.63) is 83.9 Å². The van der Waals surface area contributed by atoms with Gasteiger partial charge in [0, 0.05) is 11.1 Å². The van der Waals surface area contributed by atoms with E-state index in [4.69, 9.17) is 4.74 Å². The van der Waals surface area contributed by atoms with Gasteiger partial charge in [-0.05, 0) is 41.5 Å². The highest BCUT2D eigenvalue weighted by Gasteiger charge is 2.05. The summed E-state index contributed by atoms with van der Waals surface area (Å²) in [6.45, 7) is 2.98. The summed E-state index contributed by atoms with van der Waals surface area (Å²) in [5.41, 5.74) is 1.64. The zero-order valence-electron chi connectivity index (χ0n) is 19.4. The Bertz CT molecular complexity index is 1000. The largest absolute Gasteiger partial charge is 0.493 e. The number of ether oxygens (including phenoxy) is 1. The van der Waals surface area contributed by atoms with Crippen molar-refractivity contribution < 1.29 is 9.53 Å². The van der Waals surface area contributed by atoms with Crippen molar-refractivity contribution in [2.24, 2.45) is 0 Å². The molecule has 32 heavy (non-hydrogen) atoms. The monoisotopic (exact) mass is 428 g/mol. The van der Waals surface area contributed by atoms with Crippen molar-refractivity contribution in [2.75, 3.05) is 6.61 Å². The van der Waals surface area contributed by atoms with Gasteiger partial charge in [-0.1, -0.05) is 113 Å². The number of rotatable bonds is 14. The van der Waals surface area contributed by atoms with Gasteiger partial charge in [0.25, 0.3) is 0 Å². The van der Waals surface area contributed by atoms with Gasteiger partial charge >= 0.3 is 0 Å². The Morgan fingerprint density at radius 2 is 1.41 bits per heavy atom. The van der Waals surface area contributed by atoms with Crippen LogP contribution in [0.15, 0.2) is 72.8 Å². The number of benzene rings is 3. The van der Waals surface area contributed by atoms with E-state index in [2.05, 4.69) is 13.0 Å². The SMILES string of the molecule is CCCCCCCCCCCOc1ccccc1/C=C/C(=O)c1ccc2ccccc2c1. The Balaban J connectivity index is 1.46. The van der Waals surface area contributed by atoms with Crippen molar-refractivity contribution in [1.29, 1.82) is 0 Å². The second kappa shape index (κ2) is 13.5. The Morgan fingerprint density at radius 3 is 2.19 bits per heavy atom. The molecule has 0 aliphatic heterocycles. The molecule has 0 aliphatic rings. The molecule has 0 fully saturated rings. The molecule has 0 amide bonds. The van der Waals surface area contributed by atoms with Crippen LogP contribution >= 0.6 is 0 Å². The van der Waals surface area contributed by atoms with Crippen molar-refractivity contribution in [3.63, 3.8) is 0 Å².